The summed E-state index contributed by atoms with van der Waals surface area (Å²) in [5, 5.41) is 0. The molecule has 1 rings (SSSR count). The third-order valence-electron chi connectivity index (χ3n) is 2.45. The molecule has 1 aromatic rings. The highest BCUT2D eigenvalue weighted by Crippen LogP contribution is 2.21. The maximum Gasteiger partial charge on any atom is 0.250 e. The highest BCUT2D eigenvalue weighted by atomic mass is 32.2. The van der Waals surface area contributed by atoms with Crippen LogP contribution in [0.4, 0.5) is 0 Å². The Morgan fingerprint density at radius 1 is 1.47 bits per heavy atom. The van der Waals surface area contributed by atoms with Crippen LogP contribution in [0.2, 0.25) is 0 Å². The molecule has 0 aliphatic rings. The Kier molecular flexibility index (Phi) is 5.58. The molecule has 98 valence electrons. The number of thiophene rings is 1. The van der Waals surface area contributed by atoms with Crippen LogP contribution in [0.5, 0.6) is 0 Å². The molecule has 0 aliphatic carbocycles. The van der Waals surface area contributed by atoms with E-state index in [0.717, 1.165) is 24.1 Å². The average molecular weight is 276 g/mol. The fraction of sp³-hybridized carbons (Fsp3) is 0.636. The van der Waals surface area contributed by atoms with Crippen molar-refractivity contribution in [3.05, 3.63) is 17.0 Å². The molecule has 0 fully saturated rings. The maximum atomic E-state index is 12.0. The van der Waals surface area contributed by atoms with E-state index in [-0.39, 0.29) is 6.04 Å². The SMILES string of the molecule is CCCCC(C)NS(=O)(=O)c1ccc(CN)s1. The zero-order chi connectivity index (χ0) is 12.9. The smallest absolute Gasteiger partial charge is 0.250 e. The first kappa shape index (κ1) is 14.6. The van der Waals surface area contributed by atoms with Crippen molar-refractivity contribution in [2.24, 2.45) is 5.73 Å². The number of nitrogens with two attached hydrogens (primary N) is 1. The second-order valence-corrected chi connectivity index (χ2v) is 7.20. The van der Waals surface area contributed by atoms with E-state index < -0.39 is 10.0 Å². The highest BCUT2D eigenvalue weighted by molar-refractivity contribution is 7.91. The fourth-order valence-corrected chi connectivity index (χ4v) is 4.03. The Hall–Kier alpha value is -0.430. The van der Waals surface area contributed by atoms with Gasteiger partial charge in [0, 0.05) is 17.5 Å². The molecular weight excluding hydrogens is 256 g/mol. The number of hydrogen-bond acceptors (Lipinski definition) is 4. The fourth-order valence-electron chi connectivity index (χ4n) is 1.50. The molecule has 0 aromatic carbocycles. The van der Waals surface area contributed by atoms with Gasteiger partial charge in [-0.05, 0) is 25.5 Å². The summed E-state index contributed by atoms with van der Waals surface area (Å²) in [5.41, 5.74) is 5.47. The van der Waals surface area contributed by atoms with Crippen LogP contribution in [0.25, 0.3) is 0 Å². The number of nitrogens with one attached hydrogen (secondary N) is 1. The van der Waals surface area contributed by atoms with Gasteiger partial charge < -0.3 is 5.73 Å². The lowest BCUT2D eigenvalue weighted by atomic mass is 10.2. The molecule has 6 heteroatoms. The highest BCUT2D eigenvalue weighted by Gasteiger charge is 2.18. The minimum absolute atomic E-state index is 0.0247. The van der Waals surface area contributed by atoms with Gasteiger partial charge in [0.05, 0.1) is 0 Å². The van der Waals surface area contributed by atoms with Crippen molar-refractivity contribution in [1.29, 1.82) is 0 Å². The quantitative estimate of drug-likeness (QED) is 0.800. The van der Waals surface area contributed by atoms with Crippen molar-refractivity contribution in [2.75, 3.05) is 0 Å². The Labute approximate surface area is 107 Å². The summed E-state index contributed by atoms with van der Waals surface area (Å²) in [6.07, 6.45) is 2.97. The molecule has 3 N–H and O–H groups in total. The minimum atomic E-state index is -3.37. The van der Waals surface area contributed by atoms with Gasteiger partial charge in [-0.15, -0.1) is 11.3 Å². The minimum Gasteiger partial charge on any atom is -0.326 e. The molecule has 1 heterocycles. The summed E-state index contributed by atoms with van der Waals surface area (Å²) in [4.78, 5) is 0.881. The average Bonchev–Trinajstić information content (AvgIpc) is 2.75. The van der Waals surface area contributed by atoms with Crippen LogP contribution in [0.3, 0.4) is 0 Å². The molecular formula is C11H20N2O2S2. The predicted octanol–water partition coefficient (Wildman–Crippen LogP) is 2.06. The molecule has 0 saturated carbocycles. The number of rotatable bonds is 7. The topological polar surface area (TPSA) is 72.2 Å². The molecule has 0 radical (unpaired) electrons. The number of sulfonamides is 1. The van der Waals surface area contributed by atoms with Crippen LogP contribution in [0, 0.1) is 0 Å². The first-order chi connectivity index (χ1) is 7.99. The summed E-state index contributed by atoms with van der Waals surface area (Å²) in [7, 11) is -3.37. The zero-order valence-corrected chi connectivity index (χ0v) is 11.9. The summed E-state index contributed by atoms with van der Waals surface area (Å²) in [6.45, 7) is 4.37. The van der Waals surface area contributed by atoms with Crippen LogP contribution < -0.4 is 10.5 Å². The van der Waals surface area contributed by atoms with Gasteiger partial charge in [-0.25, -0.2) is 13.1 Å². The van der Waals surface area contributed by atoms with E-state index in [4.69, 9.17) is 5.73 Å². The van der Waals surface area contributed by atoms with Gasteiger partial charge in [-0.2, -0.15) is 0 Å². The van der Waals surface area contributed by atoms with Crippen LogP contribution in [-0.2, 0) is 16.6 Å². The van der Waals surface area contributed by atoms with Crippen molar-refractivity contribution in [3.8, 4) is 0 Å². The molecule has 0 bridgehead atoms. The van der Waals surface area contributed by atoms with E-state index in [2.05, 4.69) is 11.6 Å². The summed E-state index contributed by atoms with van der Waals surface area (Å²) in [5.74, 6) is 0. The van der Waals surface area contributed by atoms with Crippen LogP contribution >= 0.6 is 11.3 Å². The predicted molar refractivity (Wildman–Crippen MR) is 71.5 cm³/mol. The summed E-state index contributed by atoms with van der Waals surface area (Å²) >= 11 is 1.23. The van der Waals surface area contributed by atoms with Gasteiger partial charge in [0.2, 0.25) is 10.0 Å². The molecule has 1 aromatic heterocycles. The summed E-state index contributed by atoms with van der Waals surface area (Å²) in [6, 6.07) is 3.35. The van der Waals surface area contributed by atoms with E-state index in [1.807, 2.05) is 6.92 Å². The molecule has 0 spiro atoms. The summed E-state index contributed by atoms with van der Waals surface area (Å²) < 4.78 is 27.0. The number of unbranched alkanes of at least 4 members (excludes halogenated alkanes) is 1. The molecule has 0 amide bonds. The van der Waals surface area contributed by atoms with E-state index in [1.165, 1.54) is 11.3 Å². The lowest BCUT2D eigenvalue weighted by molar-refractivity contribution is 0.535. The van der Waals surface area contributed by atoms with E-state index in [0.29, 0.717) is 10.8 Å². The molecule has 4 nitrogen and oxygen atoms in total. The standard InChI is InChI=1S/C11H20N2O2S2/c1-3-4-5-9(2)13-17(14,15)11-7-6-10(8-12)16-11/h6-7,9,13H,3-5,8,12H2,1-2H3. The third-order valence-corrected chi connectivity index (χ3v) is 5.64. The van der Waals surface area contributed by atoms with Gasteiger partial charge >= 0.3 is 0 Å². The van der Waals surface area contributed by atoms with Crippen molar-refractivity contribution in [2.45, 2.75) is 49.9 Å². The van der Waals surface area contributed by atoms with Crippen LogP contribution in [0.15, 0.2) is 16.3 Å². The largest absolute Gasteiger partial charge is 0.326 e. The second kappa shape index (κ2) is 6.49. The molecule has 1 atom stereocenters. The van der Waals surface area contributed by atoms with Gasteiger partial charge in [0.1, 0.15) is 4.21 Å². The monoisotopic (exact) mass is 276 g/mol. The van der Waals surface area contributed by atoms with E-state index in [1.54, 1.807) is 12.1 Å². The zero-order valence-electron chi connectivity index (χ0n) is 10.3. The van der Waals surface area contributed by atoms with E-state index in [9.17, 15) is 8.42 Å². The van der Waals surface area contributed by atoms with Gasteiger partial charge in [0.25, 0.3) is 0 Å². The van der Waals surface area contributed by atoms with Crippen molar-refractivity contribution < 1.29 is 8.42 Å². The Morgan fingerprint density at radius 3 is 2.71 bits per heavy atom. The second-order valence-electron chi connectivity index (χ2n) is 4.09. The Balaban J connectivity index is 2.68. The lowest BCUT2D eigenvalue weighted by Gasteiger charge is -2.12. The lowest BCUT2D eigenvalue weighted by Crippen LogP contribution is -2.32. The Morgan fingerprint density at radius 2 is 2.18 bits per heavy atom. The van der Waals surface area contributed by atoms with Crippen molar-refractivity contribution in [3.63, 3.8) is 0 Å². The molecule has 17 heavy (non-hydrogen) atoms. The third kappa shape index (κ3) is 4.39. The number of hydrogen-bond donors (Lipinski definition) is 2. The van der Waals surface area contributed by atoms with Crippen LogP contribution in [0.1, 0.15) is 38.0 Å². The first-order valence-corrected chi connectivity index (χ1v) is 8.10. The van der Waals surface area contributed by atoms with Gasteiger partial charge in [0.15, 0.2) is 0 Å². The van der Waals surface area contributed by atoms with Gasteiger partial charge in [-0.1, -0.05) is 19.8 Å². The molecule has 0 saturated heterocycles. The molecule has 0 aliphatic heterocycles. The van der Waals surface area contributed by atoms with Gasteiger partial charge in [-0.3, -0.25) is 0 Å². The van der Waals surface area contributed by atoms with E-state index >= 15 is 0 Å². The maximum absolute atomic E-state index is 12.0. The van der Waals surface area contributed by atoms with Crippen LogP contribution in [-0.4, -0.2) is 14.5 Å². The van der Waals surface area contributed by atoms with Crippen molar-refractivity contribution >= 4 is 21.4 Å². The van der Waals surface area contributed by atoms with Crippen molar-refractivity contribution in [1.82, 2.24) is 4.72 Å². The molecule has 1 unspecified atom stereocenters. The normalized spacial score (nSPS) is 13.8. The Bertz CT molecular complexity index is 440. The first-order valence-electron chi connectivity index (χ1n) is 5.80.